The first-order valence-corrected chi connectivity index (χ1v) is 9.88. The second-order valence-corrected chi connectivity index (χ2v) is 7.82. The zero-order chi connectivity index (χ0) is 18.1. The molecule has 0 bridgehead atoms. The fourth-order valence-corrected chi connectivity index (χ4v) is 4.36. The highest BCUT2D eigenvalue weighted by Gasteiger charge is 2.28. The summed E-state index contributed by atoms with van der Waals surface area (Å²) in [6.07, 6.45) is 5.32. The van der Waals surface area contributed by atoms with Crippen LogP contribution in [-0.2, 0) is 11.2 Å². The number of amides is 1. The second kappa shape index (κ2) is 7.62. The van der Waals surface area contributed by atoms with E-state index in [-0.39, 0.29) is 11.9 Å². The number of fused-ring (bicyclic) bond motifs is 1. The van der Waals surface area contributed by atoms with E-state index in [9.17, 15) is 4.79 Å². The van der Waals surface area contributed by atoms with E-state index in [0.717, 1.165) is 44.6 Å². The fourth-order valence-electron chi connectivity index (χ4n) is 4.14. The van der Waals surface area contributed by atoms with Crippen LogP contribution in [0.15, 0.2) is 6.07 Å². The van der Waals surface area contributed by atoms with Crippen molar-refractivity contribution in [2.24, 2.45) is 0 Å². The number of nitrogens with zero attached hydrogens (tertiary/aromatic N) is 1. The SMILES string of the molecule is Nc1c(Cl)cc(C(=O)NC2CCN(C[C@H]3CCCO3)CC2)c2c1CCO2. The van der Waals surface area contributed by atoms with E-state index >= 15 is 0 Å². The number of halogens is 1. The third-order valence-corrected chi connectivity index (χ3v) is 5.94. The van der Waals surface area contributed by atoms with Crippen molar-refractivity contribution in [3.05, 3.63) is 22.2 Å². The molecule has 1 aromatic carbocycles. The Morgan fingerprint density at radius 2 is 2.12 bits per heavy atom. The molecule has 3 N–H and O–H groups in total. The van der Waals surface area contributed by atoms with Crippen molar-refractivity contribution in [1.29, 1.82) is 0 Å². The Morgan fingerprint density at radius 1 is 1.31 bits per heavy atom. The predicted molar refractivity (Wildman–Crippen MR) is 101 cm³/mol. The summed E-state index contributed by atoms with van der Waals surface area (Å²) in [5.41, 5.74) is 7.89. The normalized spacial score (nSPS) is 23.7. The lowest BCUT2D eigenvalue weighted by Gasteiger charge is -2.33. The van der Waals surface area contributed by atoms with Crippen LogP contribution in [0.25, 0.3) is 0 Å². The predicted octanol–water partition coefficient (Wildman–Crippen LogP) is 2.23. The number of likely N-dealkylation sites (tertiary alicyclic amines) is 1. The largest absolute Gasteiger partial charge is 0.492 e. The van der Waals surface area contributed by atoms with E-state index in [1.54, 1.807) is 6.07 Å². The Kier molecular flexibility index (Phi) is 5.25. The molecule has 4 rings (SSSR count). The molecule has 0 aromatic heterocycles. The second-order valence-electron chi connectivity index (χ2n) is 7.41. The number of hydrogen-bond donors (Lipinski definition) is 2. The zero-order valence-corrected chi connectivity index (χ0v) is 15.7. The van der Waals surface area contributed by atoms with Gasteiger partial charge in [-0.05, 0) is 31.7 Å². The number of hydrogen-bond acceptors (Lipinski definition) is 5. The van der Waals surface area contributed by atoms with Crippen LogP contribution in [0, 0.1) is 0 Å². The van der Waals surface area contributed by atoms with Crippen molar-refractivity contribution in [2.45, 2.75) is 44.2 Å². The number of nitrogens with two attached hydrogens (primary N) is 1. The summed E-state index contributed by atoms with van der Waals surface area (Å²) in [6.45, 7) is 4.43. The van der Waals surface area contributed by atoms with Gasteiger partial charge in [-0.3, -0.25) is 4.79 Å². The molecule has 2 saturated heterocycles. The highest BCUT2D eigenvalue weighted by Crippen LogP contribution is 2.38. The van der Waals surface area contributed by atoms with E-state index in [2.05, 4.69) is 10.2 Å². The first kappa shape index (κ1) is 17.9. The topological polar surface area (TPSA) is 76.8 Å². The van der Waals surface area contributed by atoms with Crippen molar-refractivity contribution in [2.75, 3.05) is 38.6 Å². The average Bonchev–Trinajstić information content (AvgIpc) is 3.31. The molecule has 2 fully saturated rings. The number of nitrogen functional groups attached to an aromatic ring is 1. The molecule has 3 aliphatic rings. The van der Waals surface area contributed by atoms with Crippen molar-refractivity contribution < 1.29 is 14.3 Å². The lowest BCUT2D eigenvalue weighted by atomic mass is 10.0. The minimum atomic E-state index is -0.123. The van der Waals surface area contributed by atoms with Crippen LogP contribution in [0.3, 0.4) is 0 Å². The van der Waals surface area contributed by atoms with Gasteiger partial charge in [0.25, 0.3) is 5.91 Å². The molecule has 0 radical (unpaired) electrons. The van der Waals surface area contributed by atoms with Crippen LogP contribution in [0.2, 0.25) is 5.02 Å². The molecule has 0 aliphatic carbocycles. The summed E-state index contributed by atoms with van der Waals surface area (Å²) in [6, 6.07) is 1.81. The van der Waals surface area contributed by atoms with Crippen molar-refractivity contribution in [3.63, 3.8) is 0 Å². The Labute approximate surface area is 158 Å². The monoisotopic (exact) mass is 379 g/mol. The molecular weight excluding hydrogens is 354 g/mol. The van der Waals surface area contributed by atoms with Gasteiger partial charge in [-0.1, -0.05) is 11.6 Å². The Balaban J connectivity index is 1.35. The molecular formula is C19H26ClN3O3. The molecule has 0 unspecified atom stereocenters. The first-order chi connectivity index (χ1) is 12.6. The number of piperidine rings is 1. The highest BCUT2D eigenvalue weighted by atomic mass is 35.5. The number of carbonyl (C=O) groups is 1. The van der Waals surface area contributed by atoms with Gasteiger partial charge in [-0.15, -0.1) is 0 Å². The summed E-state index contributed by atoms with van der Waals surface area (Å²) in [5, 5.41) is 3.57. The third-order valence-electron chi connectivity index (χ3n) is 5.62. The zero-order valence-electron chi connectivity index (χ0n) is 14.9. The van der Waals surface area contributed by atoms with Crippen LogP contribution in [-0.4, -0.2) is 55.8 Å². The molecule has 1 aromatic rings. The molecule has 142 valence electrons. The fraction of sp³-hybridized carbons (Fsp3) is 0.632. The van der Waals surface area contributed by atoms with Gasteiger partial charge in [0.05, 0.1) is 29.0 Å². The number of anilines is 1. The molecule has 3 aliphatic heterocycles. The smallest absolute Gasteiger partial charge is 0.255 e. The van der Waals surface area contributed by atoms with E-state index in [1.165, 1.54) is 12.8 Å². The summed E-state index contributed by atoms with van der Waals surface area (Å²) < 4.78 is 11.4. The molecule has 0 saturated carbocycles. The Bertz CT molecular complexity index is 683. The average molecular weight is 380 g/mol. The van der Waals surface area contributed by atoms with Gasteiger partial charge in [-0.25, -0.2) is 0 Å². The summed E-state index contributed by atoms with van der Waals surface area (Å²) in [5.74, 6) is 0.475. The quantitative estimate of drug-likeness (QED) is 0.784. The minimum absolute atomic E-state index is 0.123. The van der Waals surface area contributed by atoms with Crippen LogP contribution in [0.4, 0.5) is 5.69 Å². The highest BCUT2D eigenvalue weighted by molar-refractivity contribution is 6.33. The number of ether oxygens (including phenoxy) is 2. The van der Waals surface area contributed by atoms with Crippen LogP contribution >= 0.6 is 11.6 Å². The third kappa shape index (κ3) is 3.63. The van der Waals surface area contributed by atoms with Crippen LogP contribution in [0.1, 0.15) is 41.6 Å². The van der Waals surface area contributed by atoms with Crippen molar-refractivity contribution in [3.8, 4) is 5.75 Å². The molecule has 6 nitrogen and oxygen atoms in total. The van der Waals surface area contributed by atoms with Crippen molar-refractivity contribution in [1.82, 2.24) is 10.2 Å². The van der Waals surface area contributed by atoms with Gasteiger partial charge in [-0.2, -0.15) is 0 Å². The molecule has 7 heteroatoms. The van der Waals surface area contributed by atoms with Gasteiger partial charge >= 0.3 is 0 Å². The maximum atomic E-state index is 12.8. The standard InChI is InChI=1S/C19H26ClN3O3/c20-16-10-15(18-14(17(16)21)5-9-26-18)19(24)22-12-3-6-23(7-4-12)11-13-2-1-8-25-13/h10,12-13H,1-9,11,21H2,(H,22,24)/t13-/m1/s1. The molecule has 1 atom stereocenters. The minimum Gasteiger partial charge on any atom is -0.492 e. The lowest BCUT2D eigenvalue weighted by Crippen LogP contribution is -2.46. The van der Waals surface area contributed by atoms with E-state index in [4.69, 9.17) is 26.8 Å². The molecule has 0 spiro atoms. The summed E-state index contributed by atoms with van der Waals surface area (Å²) in [4.78, 5) is 15.2. The van der Waals surface area contributed by atoms with Crippen LogP contribution < -0.4 is 15.8 Å². The number of nitrogens with one attached hydrogen (secondary N) is 1. The van der Waals surface area contributed by atoms with E-state index in [0.29, 0.717) is 41.2 Å². The Hall–Kier alpha value is -1.50. The van der Waals surface area contributed by atoms with Crippen LogP contribution in [0.5, 0.6) is 5.75 Å². The van der Waals surface area contributed by atoms with Gasteiger partial charge < -0.3 is 25.4 Å². The van der Waals surface area contributed by atoms with Gasteiger partial charge in [0.15, 0.2) is 0 Å². The summed E-state index contributed by atoms with van der Waals surface area (Å²) >= 11 is 6.21. The number of carbonyl (C=O) groups excluding carboxylic acids is 1. The first-order valence-electron chi connectivity index (χ1n) is 9.50. The lowest BCUT2D eigenvalue weighted by molar-refractivity contribution is 0.0612. The van der Waals surface area contributed by atoms with E-state index < -0.39 is 0 Å². The molecule has 26 heavy (non-hydrogen) atoms. The number of benzene rings is 1. The molecule has 3 heterocycles. The summed E-state index contributed by atoms with van der Waals surface area (Å²) in [7, 11) is 0. The van der Waals surface area contributed by atoms with Gasteiger partial charge in [0, 0.05) is 44.3 Å². The molecule has 1 amide bonds. The van der Waals surface area contributed by atoms with Gasteiger partial charge in [0.2, 0.25) is 0 Å². The number of rotatable bonds is 4. The maximum absolute atomic E-state index is 12.8. The Morgan fingerprint density at radius 3 is 2.85 bits per heavy atom. The van der Waals surface area contributed by atoms with Crippen molar-refractivity contribution >= 4 is 23.2 Å². The van der Waals surface area contributed by atoms with Gasteiger partial charge in [0.1, 0.15) is 5.75 Å². The van der Waals surface area contributed by atoms with E-state index in [1.807, 2.05) is 0 Å². The maximum Gasteiger partial charge on any atom is 0.255 e.